The van der Waals surface area contributed by atoms with Crippen LogP contribution >= 0.6 is 0 Å². The van der Waals surface area contributed by atoms with Gasteiger partial charge in [-0.2, -0.15) is 0 Å². The lowest BCUT2D eigenvalue weighted by Gasteiger charge is -2.14. The van der Waals surface area contributed by atoms with Crippen molar-refractivity contribution in [3.05, 3.63) is 101 Å². The van der Waals surface area contributed by atoms with E-state index in [4.69, 9.17) is 0 Å². The van der Waals surface area contributed by atoms with E-state index in [0.717, 1.165) is 11.1 Å². The van der Waals surface area contributed by atoms with Gasteiger partial charge in [-0.3, -0.25) is 4.79 Å². The molecule has 1 unspecified atom stereocenters. The lowest BCUT2D eigenvalue weighted by Crippen LogP contribution is -2.15. The molecule has 0 saturated heterocycles. The Morgan fingerprint density at radius 3 is 2.28 bits per heavy atom. The third-order valence-electron chi connectivity index (χ3n) is 4.11. The Labute approximate surface area is 147 Å². The van der Waals surface area contributed by atoms with Gasteiger partial charge in [0.1, 0.15) is 6.17 Å². The SMILES string of the molecule is Cc1ccc(CC(F)c2ccccc2C(=O)Nc2ccccc2)cc1. The molecule has 0 radical (unpaired) electrons. The average Bonchev–Trinajstić information content (AvgIpc) is 2.64. The number of hydrogen-bond acceptors (Lipinski definition) is 1. The van der Waals surface area contributed by atoms with Crippen LogP contribution in [0.1, 0.15) is 33.2 Å². The zero-order chi connectivity index (χ0) is 17.6. The largest absolute Gasteiger partial charge is 0.322 e. The molecule has 3 aromatic carbocycles. The zero-order valence-corrected chi connectivity index (χ0v) is 14.1. The third kappa shape index (κ3) is 4.32. The van der Waals surface area contributed by atoms with Crippen LogP contribution in [-0.2, 0) is 6.42 Å². The maximum atomic E-state index is 14.9. The first-order chi connectivity index (χ1) is 12.1. The maximum absolute atomic E-state index is 14.9. The van der Waals surface area contributed by atoms with Crippen molar-refractivity contribution < 1.29 is 9.18 Å². The minimum Gasteiger partial charge on any atom is -0.322 e. The average molecular weight is 333 g/mol. The van der Waals surface area contributed by atoms with E-state index >= 15 is 0 Å². The zero-order valence-electron chi connectivity index (χ0n) is 14.1. The van der Waals surface area contributed by atoms with Gasteiger partial charge in [-0.15, -0.1) is 0 Å². The number of hydrogen-bond donors (Lipinski definition) is 1. The number of benzene rings is 3. The van der Waals surface area contributed by atoms with Crippen molar-refractivity contribution in [3.63, 3.8) is 0 Å². The number of halogens is 1. The Hall–Kier alpha value is -2.94. The highest BCUT2D eigenvalue weighted by molar-refractivity contribution is 6.05. The number of carbonyl (C=O) groups excluding carboxylic acids is 1. The predicted molar refractivity (Wildman–Crippen MR) is 99.6 cm³/mol. The van der Waals surface area contributed by atoms with Gasteiger partial charge >= 0.3 is 0 Å². The summed E-state index contributed by atoms with van der Waals surface area (Å²) in [6.45, 7) is 2.00. The van der Waals surface area contributed by atoms with Crippen molar-refractivity contribution in [1.82, 2.24) is 0 Å². The standard InChI is InChI=1S/C22H20FNO/c1-16-11-13-17(14-12-16)15-21(23)19-9-5-6-10-20(19)22(25)24-18-7-3-2-4-8-18/h2-14,21H,15H2,1H3,(H,24,25). The first-order valence-electron chi connectivity index (χ1n) is 8.28. The van der Waals surface area contributed by atoms with Crippen LogP contribution in [0.5, 0.6) is 0 Å². The van der Waals surface area contributed by atoms with E-state index < -0.39 is 6.17 Å². The van der Waals surface area contributed by atoms with Gasteiger partial charge in [-0.05, 0) is 36.2 Å². The second-order valence-corrected chi connectivity index (χ2v) is 6.06. The van der Waals surface area contributed by atoms with Gasteiger partial charge in [-0.25, -0.2) is 4.39 Å². The van der Waals surface area contributed by atoms with Crippen molar-refractivity contribution in [1.29, 1.82) is 0 Å². The molecule has 0 spiro atoms. The van der Waals surface area contributed by atoms with Gasteiger partial charge < -0.3 is 5.32 Å². The van der Waals surface area contributed by atoms with Crippen LogP contribution in [0.15, 0.2) is 78.9 Å². The third-order valence-corrected chi connectivity index (χ3v) is 4.11. The Kier molecular flexibility index (Phi) is 5.24. The minimum atomic E-state index is -1.24. The van der Waals surface area contributed by atoms with Gasteiger partial charge in [0.15, 0.2) is 0 Å². The molecule has 0 fully saturated rings. The van der Waals surface area contributed by atoms with Crippen LogP contribution < -0.4 is 5.32 Å². The summed E-state index contributed by atoms with van der Waals surface area (Å²) in [5, 5.41) is 2.82. The number of nitrogens with one attached hydrogen (secondary N) is 1. The molecule has 1 N–H and O–H groups in total. The molecule has 0 aromatic heterocycles. The summed E-state index contributed by atoms with van der Waals surface area (Å²) >= 11 is 0. The summed E-state index contributed by atoms with van der Waals surface area (Å²) < 4.78 is 14.9. The molecule has 1 atom stereocenters. The molecule has 2 nitrogen and oxygen atoms in total. The maximum Gasteiger partial charge on any atom is 0.256 e. The van der Waals surface area contributed by atoms with E-state index in [9.17, 15) is 9.18 Å². The number of carbonyl (C=O) groups is 1. The molecule has 0 aliphatic carbocycles. The van der Waals surface area contributed by atoms with Crippen LogP contribution in [0.4, 0.5) is 10.1 Å². The number of amides is 1. The molecule has 3 heteroatoms. The molecule has 25 heavy (non-hydrogen) atoms. The van der Waals surface area contributed by atoms with Crippen molar-refractivity contribution in [2.45, 2.75) is 19.5 Å². The Morgan fingerprint density at radius 1 is 0.920 bits per heavy atom. The molecule has 3 aromatic rings. The Balaban J connectivity index is 1.80. The molecule has 126 valence electrons. The summed E-state index contributed by atoms with van der Waals surface area (Å²) in [5.41, 5.74) is 3.52. The fraction of sp³-hybridized carbons (Fsp3) is 0.136. The first kappa shape index (κ1) is 16.9. The molecule has 0 aliphatic rings. The number of para-hydroxylation sites is 1. The molecule has 1 amide bonds. The van der Waals surface area contributed by atoms with E-state index in [-0.39, 0.29) is 12.3 Å². The van der Waals surface area contributed by atoms with Crippen LogP contribution in [0.2, 0.25) is 0 Å². The van der Waals surface area contributed by atoms with Crippen LogP contribution in [0.3, 0.4) is 0 Å². The van der Waals surface area contributed by atoms with E-state index in [0.29, 0.717) is 16.8 Å². The van der Waals surface area contributed by atoms with Gasteiger partial charge in [0.25, 0.3) is 5.91 Å². The summed E-state index contributed by atoms with van der Waals surface area (Å²) in [4.78, 5) is 12.6. The summed E-state index contributed by atoms with van der Waals surface area (Å²) in [6.07, 6.45) is -0.990. The quantitative estimate of drug-likeness (QED) is 0.656. The van der Waals surface area contributed by atoms with E-state index in [1.807, 2.05) is 49.4 Å². The molecular weight excluding hydrogens is 313 g/mol. The van der Waals surface area contributed by atoms with Crippen molar-refractivity contribution >= 4 is 11.6 Å². The lowest BCUT2D eigenvalue weighted by molar-refractivity contribution is 0.102. The minimum absolute atomic E-state index is 0.246. The van der Waals surface area contributed by atoms with Gasteiger partial charge in [0, 0.05) is 17.7 Å². The molecule has 0 bridgehead atoms. The predicted octanol–water partition coefficient (Wildman–Crippen LogP) is 5.50. The monoisotopic (exact) mass is 333 g/mol. The van der Waals surface area contributed by atoms with E-state index in [1.165, 1.54) is 0 Å². The molecule has 0 aliphatic heterocycles. The smallest absolute Gasteiger partial charge is 0.256 e. The van der Waals surface area contributed by atoms with E-state index in [2.05, 4.69) is 5.32 Å². The molecular formula is C22H20FNO. The summed E-state index contributed by atoms with van der Waals surface area (Å²) in [6, 6.07) is 23.8. The highest BCUT2D eigenvalue weighted by Gasteiger charge is 2.19. The van der Waals surface area contributed by atoms with Crippen LogP contribution in [-0.4, -0.2) is 5.91 Å². The van der Waals surface area contributed by atoms with Crippen molar-refractivity contribution in [3.8, 4) is 0 Å². The fourth-order valence-electron chi connectivity index (χ4n) is 2.74. The molecule has 3 rings (SSSR count). The summed E-state index contributed by atoms with van der Waals surface area (Å²) in [7, 11) is 0. The van der Waals surface area contributed by atoms with Gasteiger partial charge in [-0.1, -0.05) is 66.2 Å². The number of rotatable bonds is 5. The second-order valence-electron chi connectivity index (χ2n) is 6.06. The normalized spacial score (nSPS) is 11.8. The van der Waals surface area contributed by atoms with Gasteiger partial charge in [0.2, 0.25) is 0 Å². The molecule has 0 saturated carbocycles. The fourth-order valence-corrected chi connectivity index (χ4v) is 2.74. The van der Waals surface area contributed by atoms with Crippen molar-refractivity contribution in [2.75, 3.05) is 5.32 Å². The lowest BCUT2D eigenvalue weighted by atomic mass is 9.97. The van der Waals surface area contributed by atoms with Gasteiger partial charge in [0.05, 0.1) is 0 Å². The number of anilines is 1. The van der Waals surface area contributed by atoms with Crippen LogP contribution in [0, 0.1) is 6.92 Å². The van der Waals surface area contributed by atoms with E-state index in [1.54, 1.807) is 36.4 Å². The first-order valence-corrected chi connectivity index (χ1v) is 8.28. The number of alkyl halides is 1. The van der Waals surface area contributed by atoms with Crippen LogP contribution in [0.25, 0.3) is 0 Å². The number of aryl methyl sites for hydroxylation is 1. The molecule has 0 heterocycles. The second kappa shape index (κ2) is 7.75. The highest BCUT2D eigenvalue weighted by atomic mass is 19.1. The Bertz CT molecular complexity index is 843. The Morgan fingerprint density at radius 2 is 1.56 bits per heavy atom. The highest BCUT2D eigenvalue weighted by Crippen LogP contribution is 2.26. The topological polar surface area (TPSA) is 29.1 Å². The summed E-state index contributed by atoms with van der Waals surface area (Å²) in [5.74, 6) is -0.298. The van der Waals surface area contributed by atoms with Crippen molar-refractivity contribution in [2.24, 2.45) is 0 Å².